The highest BCUT2D eigenvalue weighted by Gasteiger charge is 2.09. The highest BCUT2D eigenvalue weighted by molar-refractivity contribution is 7.16. The normalized spacial score (nSPS) is 12.5. The highest BCUT2D eigenvalue weighted by Crippen LogP contribution is 2.24. The molecule has 0 saturated carbocycles. The van der Waals surface area contributed by atoms with Gasteiger partial charge in [0.15, 0.2) is 0 Å². The second kappa shape index (κ2) is 5.59. The number of benzene rings is 1. The first-order chi connectivity index (χ1) is 9.74. The lowest BCUT2D eigenvalue weighted by molar-refractivity contribution is 0.781. The number of hydrogen-bond acceptors (Lipinski definition) is 4. The van der Waals surface area contributed by atoms with Crippen molar-refractivity contribution in [2.24, 2.45) is 0 Å². The Morgan fingerprint density at radius 3 is 2.90 bits per heavy atom. The third-order valence-corrected chi connectivity index (χ3v) is 4.25. The largest absolute Gasteiger partial charge is 0.367 e. The zero-order valence-corrected chi connectivity index (χ0v) is 12.4. The standard InChI is InChI=1S/C16H17N3S/c1-11-5-3-4-6-13(11)9-12(2)19-15-14-7-8-20-16(14)18-10-17-15/h3-8,10,12H,9H2,1-2H3,(H,17,18,19). The van der Waals surface area contributed by atoms with Gasteiger partial charge in [-0.3, -0.25) is 0 Å². The fourth-order valence-electron chi connectivity index (χ4n) is 2.36. The van der Waals surface area contributed by atoms with Crippen molar-refractivity contribution in [2.75, 3.05) is 5.32 Å². The lowest BCUT2D eigenvalue weighted by Crippen LogP contribution is -2.19. The van der Waals surface area contributed by atoms with Crippen LogP contribution in [0.4, 0.5) is 5.82 Å². The van der Waals surface area contributed by atoms with E-state index in [0.29, 0.717) is 6.04 Å². The van der Waals surface area contributed by atoms with Crippen molar-refractivity contribution >= 4 is 27.4 Å². The summed E-state index contributed by atoms with van der Waals surface area (Å²) in [4.78, 5) is 9.68. The maximum atomic E-state index is 4.37. The van der Waals surface area contributed by atoms with Gasteiger partial charge < -0.3 is 5.32 Å². The average molecular weight is 283 g/mol. The molecule has 1 atom stereocenters. The van der Waals surface area contributed by atoms with Crippen molar-refractivity contribution in [1.29, 1.82) is 0 Å². The van der Waals surface area contributed by atoms with Crippen molar-refractivity contribution in [1.82, 2.24) is 9.97 Å². The van der Waals surface area contributed by atoms with E-state index in [0.717, 1.165) is 22.5 Å². The van der Waals surface area contributed by atoms with E-state index in [1.165, 1.54) is 11.1 Å². The van der Waals surface area contributed by atoms with Crippen molar-refractivity contribution in [2.45, 2.75) is 26.3 Å². The van der Waals surface area contributed by atoms with Crippen molar-refractivity contribution in [3.05, 3.63) is 53.2 Å². The number of aromatic nitrogens is 2. The number of rotatable bonds is 4. The van der Waals surface area contributed by atoms with Crippen LogP contribution in [0.1, 0.15) is 18.1 Å². The third-order valence-electron chi connectivity index (χ3n) is 3.43. The van der Waals surface area contributed by atoms with Crippen LogP contribution in [0.2, 0.25) is 0 Å². The summed E-state index contributed by atoms with van der Waals surface area (Å²) in [6.45, 7) is 4.34. The number of nitrogens with one attached hydrogen (secondary N) is 1. The van der Waals surface area contributed by atoms with Gasteiger partial charge in [0.05, 0.1) is 5.39 Å². The van der Waals surface area contributed by atoms with Gasteiger partial charge in [-0.05, 0) is 42.8 Å². The van der Waals surface area contributed by atoms with Gasteiger partial charge in [0.25, 0.3) is 0 Å². The number of anilines is 1. The number of fused-ring (bicyclic) bond motifs is 1. The zero-order valence-electron chi connectivity index (χ0n) is 11.6. The molecule has 1 unspecified atom stereocenters. The van der Waals surface area contributed by atoms with E-state index >= 15 is 0 Å². The van der Waals surface area contributed by atoms with E-state index in [4.69, 9.17) is 0 Å². The van der Waals surface area contributed by atoms with Crippen molar-refractivity contribution < 1.29 is 0 Å². The summed E-state index contributed by atoms with van der Waals surface area (Å²) in [6, 6.07) is 10.9. The van der Waals surface area contributed by atoms with Gasteiger partial charge in [0.2, 0.25) is 0 Å². The van der Waals surface area contributed by atoms with E-state index in [1.807, 2.05) is 0 Å². The van der Waals surface area contributed by atoms with Crippen molar-refractivity contribution in [3.63, 3.8) is 0 Å². The molecule has 2 aromatic heterocycles. The predicted molar refractivity (Wildman–Crippen MR) is 85.4 cm³/mol. The first kappa shape index (κ1) is 13.1. The van der Waals surface area contributed by atoms with Crippen molar-refractivity contribution in [3.8, 4) is 0 Å². The molecule has 0 aliphatic heterocycles. The van der Waals surface area contributed by atoms with Crippen LogP contribution in [0.5, 0.6) is 0 Å². The minimum atomic E-state index is 0.328. The summed E-state index contributed by atoms with van der Waals surface area (Å²) < 4.78 is 0. The van der Waals surface area contributed by atoms with Gasteiger partial charge in [-0.1, -0.05) is 24.3 Å². The van der Waals surface area contributed by atoms with Gasteiger partial charge in [0, 0.05) is 6.04 Å². The Kier molecular flexibility index (Phi) is 3.65. The Bertz CT molecular complexity index is 720. The molecule has 0 spiro atoms. The highest BCUT2D eigenvalue weighted by atomic mass is 32.1. The van der Waals surface area contributed by atoms with Gasteiger partial charge in [-0.25, -0.2) is 9.97 Å². The lowest BCUT2D eigenvalue weighted by atomic mass is 10.0. The van der Waals surface area contributed by atoms with Gasteiger partial charge in [-0.2, -0.15) is 0 Å². The molecule has 20 heavy (non-hydrogen) atoms. The van der Waals surface area contributed by atoms with Crippen LogP contribution in [-0.4, -0.2) is 16.0 Å². The Morgan fingerprint density at radius 2 is 2.05 bits per heavy atom. The summed E-state index contributed by atoms with van der Waals surface area (Å²) in [5, 5.41) is 6.66. The van der Waals surface area contributed by atoms with Crippen LogP contribution in [0.15, 0.2) is 42.0 Å². The molecule has 2 heterocycles. The first-order valence-electron chi connectivity index (χ1n) is 6.73. The van der Waals surface area contributed by atoms with E-state index in [1.54, 1.807) is 17.7 Å². The summed E-state index contributed by atoms with van der Waals surface area (Å²) in [5.74, 6) is 0.928. The minimum absolute atomic E-state index is 0.328. The molecular formula is C16H17N3S. The molecule has 0 saturated heterocycles. The van der Waals surface area contributed by atoms with Crippen LogP contribution in [0.25, 0.3) is 10.2 Å². The molecule has 0 radical (unpaired) electrons. The zero-order chi connectivity index (χ0) is 13.9. The second-order valence-corrected chi connectivity index (χ2v) is 5.93. The molecular weight excluding hydrogens is 266 g/mol. The fraction of sp³-hybridized carbons (Fsp3) is 0.250. The topological polar surface area (TPSA) is 37.8 Å². The number of thiophene rings is 1. The molecule has 1 aromatic carbocycles. The predicted octanol–water partition coefficient (Wildman–Crippen LogP) is 4.04. The maximum Gasteiger partial charge on any atom is 0.138 e. The van der Waals surface area contributed by atoms with Crippen LogP contribution in [0.3, 0.4) is 0 Å². The summed E-state index contributed by atoms with van der Waals surface area (Å²) >= 11 is 1.64. The van der Waals surface area contributed by atoms with Gasteiger partial charge >= 0.3 is 0 Å². The smallest absolute Gasteiger partial charge is 0.138 e. The Morgan fingerprint density at radius 1 is 1.20 bits per heavy atom. The number of aryl methyl sites for hydroxylation is 1. The Hall–Kier alpha value is -1.94. The molecule has 0 fully saturated rings. The first-order valence-corrected chi connectivity index (χ1v) is 7.61. The number of hydrogen-bond donors (Lipinski definition) is 1. The van der Waals surface area contributed by atoms with E-state index in [2.05, 4.69) is 64.8 Å². The quantitative estimate of drug-likeness (QED) is 0.785. The van der Waals surface area contributed by atoms with Gasteiger partial charge in [-0.15, -0.1) is 11.3 Å². The second-order valence-electron chi connectivity index (χ2n) is 5.04. The maximum absolute atomic E-state index is 4.37. The molecule has 3 nitrogen and oxygen atoms in total. The third kappa shape index (κ3) is 2.65. The van der Waals surface area contributed by atoms with Crippen LogP contribution in [-0.2, 0) is 6.42 Å². The molecule has 0 aliphatic carbocycles. The molecule has 1 N–H and O–H groups in total. The minimum Gasteiger partial charge on any atom is -0.367 e. The Labute approximate surface area is 122 Å². The molecule has 4 heteroatoms. The van der Waals surface area contributed by atoms with E-state index in [9.17, 15) is 0 Å². The molecule has 0 aliphatic rings. The van der Waals surface area contributed by atoms with E-state index < -0.39 is 0 Å². The average Bonchev–Trinajstić information content (AvgIpc) is 2.91. The summed E-state index contributed by atoms with van der Waals surface area (Å²) in [7, 11) is 0. The van der Waals surface area contributed by atoms with E-state index in [-0.39, 0.29) is 0 Å². The van der Waals surface area contributed by atoms with Gasteiger partial charge in [0.1, 0.15) is 17.0 Å². The van der Waals surface area contributed by atoms with Crippen LogP contribution >= 0.6 is 11.3 Å². The molecule has 3 rings (SSSR count). The number of nitrogens with zero attached hydrogens (tertiary/aromatic N) is 2. The lowest BCUT2D eigenvalue weighted by Gasteiger charge is -2.16. The molecule has 3 aromatic rings. The summed E-state index contributed by atoms with van der Waals surface area (Å²) in [6.07, 6.45) is 2.62. The molecule has 0 amide bonds. The Balaban J connectivity index is 1.78. The monoisotopic (exact) mass is 283 g/mol. The molecule has 102 valence electrons. The van der Waals surface area contributed by atoms with Crippen LogP contribution in [0, 0.1) is 6.92 Å². The SMILES string of the molecule is Cc1ccccc1CC(C)Nc1ncnc2sccc12. The molecule has 0 bridgehead atoms. The van der Waals surface area contributed by atoms with Crippen LogP contribution < -0.4 is 5.32 Å². The summed E-state index contributed by atoms with van der Waals surface area (Å²) in [5.41, 5.74) is 2.72. The fourth-order valence-corrected chi connectivity index (χ4v) is 3.09.